The van der Waals surface area contributed by atoms with Crippen molar-refractivity contribution in [1.82, 2.24) is 4.31 Å². The first-order valence-corrected chi connectivity index (χ1v) is 7.93. The van der Waals surface area contributed by atoms with Crippen LogP contribution in [-0.4, -0.2) is 35.1 Å². The van der Waals surface area contributed by atoms with Crippen molar-refractivity contribution in [2.45, 2.75) is 4.90 Å². The molecule has 1 saturated heterocycles. The van der Waals surface area contributed by atoms with E-state index in [1.54, 1.807) is 6.07 Å². The molecule has 1 fully saturated rings. The van der Waals surface area contributed by atoms with Gasteiger partial charge in [0.15, 0.2) is 0 Å². The molecule has 1 unspecified atom stereocenters. The lowest BCUT2D eigenvalue weighted by atomic mass is 10.2. The van der Waals surface area contributed by atoms with E-state index < -0.39 is 32.2 Å². The Labute approximate surface area is 106 Å². The number of rotatable bonds is 2. The molecule has 0 bridgehead atoms. The minimum absolute atomic E-state index is 0.107. The van der Waals surface area contributed by atoms with Crippen molar-refractivity contribution in [3.8, 4) is 6.07 Å². The Kier molecular flexibility index (Phi) is 3.47. The summed E-state index contributed by atoms with van der Waals surface area (Å²) in [7, 11) is -5.18. The Bertz CT molecular complexity index is 652. The molecule has 0 radical (unpaired) electrons. The predicted octanol–water partition coefficient (Wildman–Crippen LogP) is 0.408. The van der Waals surface area contributed by atoms with Crippen molar-refractivity contribution in [1.29, 1.82) is 5.26 Å². The standard InChI is InChI=1S/C10H9FN2O3S2/c11-9-2-1-3-10(8(9)6-12)18(15,16)13-4-5-17(14)7-13/h1-3H,4-5,7H2. The van der Waals surface area contributed by atoms with Crippen LogP contribution in [0, 0.1) is 17.1 Å². The van der Waals surface area contributed by atoms with Crippen LogP contribution in [0.25, 0.3) is 0 Å². The number of hydrogen-bond donors (Lipinski definition) is 0. The summed E-state index contributed by atoms with van der Waals surface area (Å²) in [5.41, 5.74) is -0.504. The van der Waals surface area contributed by atoms with Crippen molar-refractivity contribution in [3.63, 3.8) is 0 Å². The molecule has 1 aromatic rings. The molecule has 5 nitrogen and oxygen atoms in total. The van der Waals surface area contributed by atoms with Crippen LogP contribution in [-0.2, 0) is 20.8 Å². The average Bonchev–Trinajstić information content (AvgIpc) is 2.76. The van der Waals surface area contributed by atoms with Gasteiger partial charge in [0, 0.05) is 23.1 Å². The van der Waals surface area contributed by atoms with E-state index in [1.165, 1.54) is 12.1 Å². The summed E-state index contributed by atoms with van der Waals surface area (Å²) in [4.78, 5) is -0.371. The molecule has 1 atom stereocenters. The van der Waals surface area contributed by atoms with E-state index in [4.69, 9.17) is 5.26 Å². The van der Waals surface area contributed by atoms with Gasteiger partial charge in [0.2, 0.25) is 10.0 Å². The highest BCUT2D eigenvalue weighted by Gasteiger charge is 2.33. The lowest BCUT2D eigenvalue weighted by molar-refractivity contribution is 0.487. The number of hydrogen-bond acceptors (Lipinski definition) is 4. The van der Waals surface area contributed by atoms with Gasteiger partial charge in [0.25, 0.3) is 0 Å². The summed E-state index contributed by atoms with van der Waals surface area (Å²) in [6.07, 6.45) is 0. The molecule has 8 heteroatoms. The fourth-order valence-electron chi connectivity index (χ4n) is 1.65. The second-order valence-electron chi connectivity index (χ2n) is 3.68. The van der Waals surface area contributed by atoms with Crippen molar-refractivity contribution in [2.24, 2.45) is 0 Å². The van der Waals surface area contributed by atoms with Crippen LogP contribution in [0.2, 0.25) is 0 Å². The zero-order chi connectivity index (χ0) is 13.3. The van der Waals surface area contributed by atoms with Crippen LogP contribution in [0.15, 0.2) is 23.1 Å². The van der Waals surface area contributed by atoms with Crippen LogP contribution in [0.3, 0.4) is 0 Å². The van der Waals surface area contributed by atoms with E-state index in [-0.39, 0.29) is 23.1 Å². The molecule has 1 aliphatic rings. The third-order valence-electron chi connectivity index (χ3n) is 2.56. The highest BCUT2D eigenvalue weighted by Crippen LogP contribution is 2.23. The highest BCUT2D eigenvalue weighted by atomic mass is 32.2. The molecule has 1 aliphatic heterocycles. The Morgan fingerprint density at radius 3 is 2.72 bits per heavy atom. The van der Waals surface area contributed by atoms with Gasteiger partial charge in [0.1, 0.15) is 22.3 Å². The molecule has 0 N–H and O–H groups in total. The minimum Gasteiger partial charge on any atom is -0.258 e. The molecule has 0 spiro atoms. The Morgan fingerprint density at radius 1 is 1.44 bits per heavy atom. The fourth-order valence-corrected chi connectivity index (χ4v) is 4.94. The van der Waals surface area contributed by atoms with E-state index in [9.17, 15) is 17.0 Å². The monoisotopic (exact) mass is 288 g/mol. The normalized spacial score (nSPS) is 20.8. The fraction of sp³-hybridized carbons (Fsp3) is 0.300. The second-order valence-corrected chi connectivity index (χ2v) is 7.13. The summed E-state index contributed by atoms with van der Waals surface area (Å²) in [6, 6.07) is 4.99. The number of halogens is 1. The molecular formula is C10H9FN2O3S2. The molecule has 0 amide bonds. The molecule has 18 heavy (non-hydrogen) atoms. The molecule has 0 aromatic heterocycles. The van der Waals surface area contributed by atoms with E-state index >= 15 is 0 Å². The summed E-state index contributed by atoms with van der Waals surface area (Å²) in [5, 5.41) is 8.82. The number of nitrogens with zero attached hydrogens (tertiary/aromatic N) is 2. The third kappa shape index (κ3) is 2.16. The van der Waals surface area contributed by atoms with E-state index in [0.717, 1.165) is 10.4 Å². The summed E-state index contributed by atoms with van der Waals surface area (Å²) < 4.78 is 50.0. The van der Waals surface area contributed by atoms with E-state index in [2.05, 4.69) is 0 Å². The first-order chi connectivity index (χ1) is 8.46. The first kappa shape index (κ1) is 13.1. The van der Waals surface area contributed by atoms with Gasteiger partial charge in [0.05, 0.1) is 5.88 Å². The molecule has 0 aliphatic carbocycles. The maximum Gasteiger partial charge on any atom is 0.245 e. The summed E-state index contributed by atoms with van der Waals surface area (Å²) >= 11 is 0. The van der Waals surface area contributed by atoms with Crippen molar-refractivity contribution in [3.05, 3.63) is 29.6 Å². The largest absolute Gasteiger partial charge is 0.258 e. The molecule has 1 aromatic carbocycles. The topological polar surface area (TPSA) is 78.2 Å². The van der Waals surface area contributed by atoms with Crippen molar-refractivity contribution >= 4 is 20.8 Å². The highest BCUT2D eigenvalue weighted by molar-refractivity contribution is 7.91. The van der Waals surface area contributed by atoms with Gasteiger partial charge in [-0.1, -0.05) is 6.07 Å². The number of nitriles is 1. The number of benzene rings is 1. The first-order valence-electron chi connectivity index (χ1n) is 5.00. The SMILES string of the molecule is N#Cc1c(F)cccc1S(=O)(=O)N1CCS(=O)C1. The molecular weight excluding hydrogens is 279 g/mol. The minimum atomic E-state index is -3.96. The number of sulfonamides is 1. The van der Waals surface area contributed by atoms with Gasteiger partial charge >= 0.3 is 0 Å². The lowest BCUT2D eigenvalue weighted by Crippen LogP contribution is -2.29. The molecule has 96 valence electrons. The third-order valence-corrected chi connectivity index (χ3v) is 5.85. The Balaban J connectivity index is 2.52. The molecule has 2 rings (SSSR count). The predicted molar refractivity (Wildman–Crippen MR) is 62.9 cm³/mol. The smallest absolute Gasteiger partial charge is 0.245 e. The van der Waals surface area contributed by atoms with Crippen LogP contribution in [0.5, 0.6) is 0 Å². The van der Waals surface area contributed by atoms with Gasteiger partial charge in [-0.15, -0.1) is 0 Å². The van der Waals surface area contributed by atoms with Gasteiger partial charge in [-0.3, -0.25) is 4.21 Å². The van der Waals surface area contributed by atoms with Crippen LogP contribution in [0.1, 0.15) is 5.56 Å². The van der Waals surface area contributed by atoms with Gasteiger partial charge in [-0.05, 0) is 12.1 Å². The van der Waals surface area contributed by atoms with Gasteiger partial charge < -0.3 is 0 Å². The van der Waals surface area contributed by atoms with Crippen LogP contribution < -0.4 is 0 Å². The second kappa shape index (κ2) is 4.76. The summed E-state index contributed by atoms with van der Waals surface area (Å²) in [5.74, 6) is -0.723. The lowest BCUT2D eigenvalue weighted by Gasteiger charge is -2.15. The van der Waals surface area contributed by atoms with Gasteiger partial charge in [-0.2, -0.15) is 9.57 Å². The van der Waals surface area contributed by atoms with Crippen LogP contribution >= 0.6 is 0 Å². The van der Waals surface area contributed by atoms with Gasteiger partial charge in [-0.25, -0.2) is 12.8 Å². The zero-order valence-electron chi connectivity index (χ0n) is 9.17. The molecule has 1 heterocycles. The Hall–Kier alpha value is -1.30. The Morgan fingerprint density at radius 2 is 2.17 bits per heavy atom. The maximum atomic E-state index is 13.4. The van der Waals surface area contributed by atoms with Crippen LogP contribution in [0.4, 0.5) is 4.39 Å². The van der Waals surface area contributed by atoms with E-state index in [1.807, 2.05) is 0 Å². The summed E-state index contributed by atoms with van der Waals surface area (Å²) in [6.45, 7) is 0.121. The van der Waals surface area contributed by atoms with E-state index in [0.29, 0.717) is 0 Å². The average molecular weight is 288 g/mol. The maximum absolute atomic E-state index is 13.4. The van der Waals surface area contributed by atoms with Crippen molar-refractivity contribution in [2.75, 3.05) is 18.2 Å². The molecule has 0 saturated carbocycles. The zero-order valence-corrected chi connectivity index (χ0v) is 10.8. The van der Waals surface area contributed by atoms with Crippen molar-refractivity contribution < 1.29 is 17.0 Å². The quantitative estimate of drug-likeness (QED) is 0.789.